The zero-order valence-corrected chi connectivity index (χ0v) is 24.1. The van der Waals surface area contributed by atoms with Crippen molar-refractivity contribution >= 4 is 49.3 Å². The number of hydrogen-bond donors (Lipinski definition) is 2. The van der Waals surface area contributed by atoms with Crippen molar-refractivity contribution in [2.75, 3.05) is 31.9 Å². The molecule has 4 aromatic rings. The van der Waals surface area contributed by atoms with Crippen molar-refractivity contribution in [3.8, 4) is 17.2 Å². The van der Waals surface area contributed by atoms with E-state index in [4.69, 9.17) is 26.1 Å². The number of nitrogens with zero attached hydrogens (tertiary/aromatic N) is 2. The summed E-state index contributed by atoms with van der Waals surface area (Å²) < 4.78 is 12.5. The first kappa shape index (κ1) is 26.9. The van der Waals surface area contributed by atoms with Gasteiger partial charge in [-0.15, -0.1) is 0 Å². The summed E-state index contributed by atoms with van der Waals surface area (Å²) >= 11 is 7.77. The van der Waals surface area contributed by atoms with E-state index in [1.165, 1.54) is 5.56 Å². The lowest BCUT2D eigenvalue weighted by Crippen LogP contribution is -2.05. The summed E-state index contributed by atoms with van der Waals surface area (Å²) in [6.07, 6.45) is 7.69. The lowest BCUT2D eigenvalue weighted by atomic mass is 10.2. The molecule has 2 aromatic heterocycles. The van der Waals surface area contributed by atoms with E-state index in [1.807, 2.05) is 36.4 Å². The van der Waals surface area contributed by atoms with Crippen LogP contribution in [0.25, 0.3) is 10.9 Å². The Morgan fingerprint density at radius 2 is 1.89 bits per heavy atom. The van der Waals surface area contributed by atoms with Crippen LogP contribution in [-0.2, 0) is 12.4 Å². The first-order valence-electron chi connectivity index (χ1n) is 12.4. The highest BCUT2D eigenvalue weighted by Gasteiger charge is 2.22. The van der Waals surface area contributed by atoms with Gasteiger partial charge in [-0.3, -0.25) is 4.99 Å². The fourth-order valence-corrected chi connectivity index (χ4v) is 6.75. The number of fused-ring (bicyclic) bond motifs is 1. The van der Waals surface area contributed by atoms with Crippen molar-refractivity contribution in [3.05, 3.63) is 82.8 Å². The van der Waals surface area contributed by atoms with Crippen LogP contribution in [0.4, 0.5) is 0 Å². The monoisotopic (exact) mass is 569 g/mol. The van der Waals surface area contributed by atoms with Crippen LogP contribution in [0, 0.1) is 0 Å². The van der Waals surface area contributed by atoms with Crippen LogP contribution in [0.1, 0.15) is 23.4 Å². The van der Waals surface area contributed by atoms with E-state index in [9.17, 15) is 5.11 Å². The minimum Gasteiger partial charge on any atom is -0.485 e. The number of halogens is 1. The predicted octanol–water partition coefficient (Wildman–Crippen LogP) is 7.03. The third-order valence-corrected chi connectivity index (χ3v) is 8.67. The molecule has 3 heterocycles. The predicted molar refractivity (Wildman–Crippen MR) is 162 cm³/mol. The van der Waals surface area contributed by atoms with Gasteiger partial charge in [0, 0.05) is 29.1 Å². The van der Waals surface area contributed by atoms with E-state index in [2.05, 4.69) is 46.9 Å². The number of hydrogen-bond acceptors (Lipinski definition) is 6. The fourth-order valence-electron chi connectivity index (χ4n) is 4.30. The highest BCUT2D eigenvalue weighted by molar-refractivity contribution is 8.31. The van der Waals surface area contributed by atoms with Gasteiger partial charge in [0.05, 0.1) is 23.4 Å². The molecule has 1 aliphatic heterocycles. The molecular formula is C29H32ClN3O3S2. The fraction of sp³-hybridized carbons (Fsp3) is 0.310. The molecule has 0 saturated heterocycles. The Balaban J connectivity index is 1.43. The Hall–Kier alpha value is -2.65. The Labute approximate surface area is 234 Å². The molecule has 9 heteroatoms. The van der Waals surface area contributed by atoms with Crippen molar-refractivity contribution < 1.29 is 14.6 Å². The first-order chi connectivity index (χ1) is 18.3. The van der Waals surface area contributed by atoms with Crippen LogP contribution in [0.15, 0.2) is 65.7 Å². The van der Waals surface area contributed by atoms with Gasteiger partial charge in [0.25, 0.3) is 0 Å². The highest BCUT2D eigenvalue weighted by atomic mass is 35.5. The smallest absolute Gasteiger partial charge is 0.147 e. The van der Waals surface area contributed by atoms with Gasteiger partial charge >= 0.3 is 0 Å². The molecule has 0 saturated carbocycles. The lowest BCUT2D eigenvalue weighted by molar-refractivity contribution is 0.288. The second-order valence-corrected chi connectivity index (χ2v) is 16.3. The van der Waals surface area contributed by atoms with Gasteiger partial charge in [0.15, 0.2) is 0 Å². The Morgan fingerprint density at radius 3 is 2.63 bits per heavy atom. The van der Waals surface area contributed by atoms with Crippen molar-refractivity contribution in [2.45, 2.75) is 24.0 Å². The molecule has 0 aliphatic carbocycles. The summed E-state index contributed by atoms with van der Waals surface area (Å²) in [6.45, 7) is 1.15. The molecule has 2 N–H and O–H groups in total. The van der Waals surface area contributed by atoms with Gasteiger partial charge < -0.3 is 19.6 Å². The maximum Gasteiger partial charge on any atom is 0.147 e. The summed E-state index contributed by atoms with van der Waals surface area (Å²) in [4.78, 5) is 12.5. The van der Waals surface area contributed by atoms with Gasteiger partial charge in [-0.05, 0) is 67.1 Å². The Bertz CT molecular complexity index is 1450. The van der Waals surface area contributed by atoms with E-state index in [1.54, 1.807) is 17.8 Å². The molecule has 1 atom stereocenters. The molecule has 200 valence electrons. The van der Waals surface area contributed by atoms with Gasteiger partial charge in [-0.25, -0.2) is 15.0 Å². The van der Waals surface area contributed by atoms with Gasteiger partial charge in [-0.1, -0.05) is 41.6 Å². The number of aliphatic hydroxyl groups is 1. The van der Waals surface area contributed by atoms with Crippen LogP contribution in [0.5, 0.6) is 17.2 Å². The summed E-state index contributed by atoms with van der Waals surface area (Å²) in [5.41, 5.74) is 3.86. The van der Waals surface area contributed by atoms with E-state index in [0.717, 1.165) is 45.3 Å². The topological polar surface area (TPSA) is 79.7 Å². The molecule has 0 bridgehead atoms. The molecule has 2 aromatic carbocycles. The second-order valence-electron chi connectivity index (χ2n) is 10.2. The molecule has 1 unspecified atom stereocenters. The SMILES string of the molecule is CS(C)(C)Cc1ccc(Oc2cc(OCc3cccc(Cl)n3)c3[nH]c(C4=NCC(CCO)S4)cc3c2)cc1. The number of benzene rings is 2. The molecule has 0 radical (unpaired) electrons. The summed E-state index contributed by atoms with van der Waals surface area (Å²) in [6, 6.07) is 19.8. The van der Waals surface area contributed by atoms with Crippen molar-refractivity contribution in [2.24, 2.45) is 4.99 Å². The number of aliphatic hydroxyl groups excluding tert-OH is 1. The van der Waals surface area contributed by atoms with Gasteiger partial charge in [0.1, 0.15) is 34.1 Å². The average molecular weight is 570 g/mol. The largest absolute Gasteiger partial charge is 0.485 e. The van der Waals surface area contributed by atoms with Crippen LogP contribution >= 0.6 is 33.4 Å². The van der Waals surface area contributed by atoms with E-state index in [0.29, 0.717) is 28.4 Å². The number of nitrogens with one attached hydrogen (secondary N) is 1. The van der Waals surface area contributed by atoms with Gasteiger partial charge in [0.2, 0.25) is 0 Å². The molecular weight excluding hydrogens is 538 g/mol. The van der Waals surface area contributed by atoms with E-state index < -0.39 is 10.0 Å². The molecule has 0 fully saturated rings. The number of aromatic nitrogens is 2. The molecule has 5 rings (SSSR count). The number of H-pyrrole nitrogens is 1. The maximum atomic E-state index is 9.31. The number of thioether (sulfide) groups is 1. The molecule has 6 nitrogen and oxygen atoms in total. The second kappa shape index (κ2) is 11.6. The maximum absolute atomic E-state index is 9.31. The molecule has 38 heavy (non-hydrogen) atoms. The zero-order valence-electron chi connectivity index (χ0n) is 21.7. The van der Waals surface area contributed by atoms with Crippen molar-refractivity contribution in [3.63, 3.8) is 0 Å². The van der Waals surface area contributed by atoms with Crippen molar-refractivity contribution in [1.82, 2.24) is 9.97 Å². The minimum atomic E-state index is -0.620. The van der Waals surface area contributed by atoms with E-state index in [-0.39, 0.29) is 13.2 Å². The van der Waals surface area contributed by atoms with Gasteiger partial charge in [-0.2, -0.15) is 0 Å². The third-order valence-electron chi connectivity index (χ3n) is 5.97. The molecule has 0 spiro atoms. The van der Waals surface area contributed by atoms with Crippen LogP contribution in [0.3, 0.4) is 0 Å². The normalized spacial score (nSPS) is 16.0. The average Bonchev–Trinajstić information content (AvgIpc) is 3.50. The minimum absolute atomic E-state index is 0.168. The number of pyridine rings is 1. The van der Waals surface area contributed by atoms with Crippen molar-refractivity contribution in [1.29, 1.82) is 0 Å². The standard InChI is InChI=1S/C29H32ClN3O3S2/c1-38(2,3)18-19-7-9-22(10-8-19)36-23-13-20-14-25(29-31-16-24(37-29)11-12-34)33-28(20)26(15-23)35-17-21-5-4-6-27(30)32-21/h4-10,13-15,24,33-34H,11-12,16-18H2,1-3H3. The summed E-state index contributed by atoms with van der Waals surface area (Å²) in [5.74, 6) is 3.21. The third kappa shape index (κ3) is 6.86. The number of aromatic amines is 1. The number of rotatable bonds is 10. The van der Waals surface area contributed by atoms with E-state index >= 15 is 0 Å². The Kier molecular flexibility index (Phi) is 8.23. The quantitative estimate of drug-likeness (QED) is 0.200. The lowest BCUT2D eigenvalue weighted by Gasteiger charge is -2.25. The summed E-state index contributed by atoms with van der Waals surface area (Å²) in [7, 11) is -0.620. The van der Waals surface area contributed by atoms with Crippen LogP contribution < -0.4 is 9.47 Å². The number of aliphatic imine (C=N–C) groups is 1. The highest BCUT2D eigenvalue weighted by Crippen LogP contribution is 2.40. The summed E-state index contributed by atoms with van der Waals surface area (Å²) in [5, 5.41) is 11.9. The zero-order chi connectivity index (χ0) is 26.7. The molecule has 1 aliphatic rings. The van der Waals surface area contributed by atoms with Crippen LogP contribution in [0.2, 0.25) is 5.15 Å². The first-order valence-corrected chi connectivity index (χ1v) is 16.7. The Morgan fingerprint density at radius 1 is 1.08 bits per heavy atom. The van der Waals surface area contributed by atoms with Crippen LogP contribution in [-0.4, -0.2) is 57.3 Å². The number of ether oxygens (including phenoxy) is 2. The molecule has 0 amide bonds.